The molecule has 2 rings (SSSR count). The fourth-order valence-electron chi connectivity index (χ4n) is 3.71. The maximum atomic E-state index is 13.7. The zero-order chi connectivity index (χ0) is 21.3. The second-order valence-corrected chi connectivity index (χ2v) is 9.99. The van der Waals surface area contributed by atoms with Crippen LogP contribution in [0.3, 0.4) is 0 Å². The topological polar surface area (TPSA) is 79.8 Å². The molecule has 0 bridgehead atoms. The summed E-state index contributed by atoms with van der Waals surface area (Å²) in [5, 5.41) is 6.52. The highest BCUT2D eigenvalue weighted by Crippen LogP contribution is 2.31. The van der Waals surface area contributed by atoms with E-state index in [1.54, 1.807) is 7.05 Å². The summed E-state index contributed by atoms with van der Waals surface area (Å²) in [7, 11) is -1.53. The van der Waals surface area contributed by atoms with E-state index in [0.717, 1.165) is 38.7 Å². The van der Waals surface area contributed by atoms with E-state index in [0.29, 0.717) is 23.6 Å². The molecule has 0 heterocycles. The largest absolute Gasteiger partial charge is 0.373 e. The number of benzene rings is 1. The molecule has 0 radical (unpaired) electrons. The summed E-state index contributed by atoms with van der Waals surface area (Å²) in [4.78, 5) is 4.25. The van der Waals surface area contributed by atoms with Gasteiger partial charge in [-0.1, -0.05) is 32.3 Å². The number of sulfone groups is 1. The lowest BCUT2D eigenvalue weighted by Gasteiger charge is -2.37. The van der Waals surface area contributed by atoms with Crippen LogP contribution < -0.4 is 10.6 Å². The Morgan fingerprint density at radius 3 is 2.55 bits per heavy atom. The third-order valence-electron chi connectivity index (χ3n) is 5.21. The van der Waals surface area contributed by atoms with Crippen LogP contribution >= 0.6 is 0 Å². The third-order valence-corrected chi connectivity index (χ3v) is 6.05. The first-order valence-corrected chi connectivity index (χ1v) is 12.4. The van der Waals surface area contributed by atoms with Gasteiger partial charge in [0.05, 0.1) is 11.4 Å². The molecule has 0 saturated heterocycles. The number of rotatable bonds is 9. The highest BCUT2D eigenvalue weighted by Gasteiger charge is 2.32. The van der Waals surface area contributed by atoms with Crippen LogP contribution in [-0.2, 0) is 26.9 Å². The van der Waals surface area contributed by atoms with Crippen LogP contribution in [0.2, 0.25) is 0 Å². The van der Waals surface area contributed by atoms with Gasteiger partial charge in [0.25, 0.3) is 0 Å². The van der Waals surface area contributed by atoms with Crippen LogP contribution in [0.1, 0.15) is 56.6 Å². The van der Waals surface area contributed by atoms with Crippen molar-refractivity contribution in [2.45, 2.75) is 63.3 Å². The van der Waals surface area contributed by atoms with Gasteiger partial charge in [0.15, 0.2) is 15.8 Å². The normalized spacial score (nSPS) is 17.2. The lowest BCUT2D eigenvalue weighted by Crippen LogP contribution is -2.49. The average Bonchev–Trinajstić information content (AvgIpc) is 2.68. The Morgan fingerprint density at radius 2 is 1.93 bits per heavy atom. The third kappa shape index (κ3) is 7.93. The second kappa shape index (κ2) is 10.9. The Hall–Kier alpha value is -1.67. The molecule has 164 valence electrons. The molecule has 6 nitrogen and oxygen atoms in total. The van der Waals surface area contributed by atoms with Gasteiger partial charge in [-0.3, -0.25) is 4.99 Å². The molecule has 0 aromatic heterocycles. The number of hydrogen-bond donors (Lipinski definition) is 2. The number of halogens is 1. The van der Waals surface area contributed by atoms with E-state index in [9.17, 15) is 12.8 Å². The highest BCUT2D eigenvalue weighted by atomic mass is 32.2. The van der Waals surface area contributed by atoms with Crippen molar-refractivity contribution in [1.29, 1.82) is 0 Å². The van der Waals surface area contributed by atoms with E-state index in [1.165, 1.54) is 30.9 Å². The molecule has 0 spiro atoms. The van der Waals surface area contributed by atoms with E-state index >= 15 is 0 Å². The molecule has 0 aliphatic heterocycles. The van der Waals surface area contributed by atoms with Crippen LogP contribution in [0.4, 0.5) is 4.39 Å². The minimum absolute atomic E-state index is 0.121. The van der Waals surface area contributed by atoms with Crippen LogP contribution in [0.25, 0.3) is 0 Å². The van der Waals surface area contributed by atoms with E-state index in [2.05, 4.69) is 22.5 Å². The number of aliphatic imine (C=N–C) groups is 1. The SMILES string of the molecule is CCCOC1(CNC(=NC)NCc2cc(F)ccc2CS(C)(=O)=O)CCCCC1. The molecular weight excluding hydrogens is 393 g/mol. The Balaban J connectivity index is 2.01. The summed E-state index contributed by atoms with van der Waals surface area (Å²) >= 11 is 0. The molecule has 1 fully saturated rings. The van der Waals surface area contributed by atoms with Gasteiger partial charge in [0.1, 0.15) is 5.82 Å². The first kappa shape index (κ1) is 23.6. The summed E-state index contributed by atoms with van der Waals surface area (Å²) in [5.41, 5.74) is 1.02. The van der Waals surface area contributed by atoms with Gasteiger partial charge in [0.2, 0.25) is 0 Å². The molecule has 1 saturated carbocycles. The summed E-state index contributed by atoms with van der Waals surface area (Å²) in [6.07, 6.45) is 7.78. The van der Waals surface area contributed by atoms with Gasteiger partial charge in [-0.15, -0.1) is 0 Å². The minimum Gasteiger partial charge on any atom is -0.373 e. The summed E-state index contributed by atoms with van der Waals surface area (Å²) in [6.45, 7) is 3.79. The van der Waals surface area contributed by atoms with Crippen molar-refractivity contribution in [2.24, 2.45) is 4.99 Å². The van der Waals surface area contributed by atoms with Crippen molar-refractivity contribution in [3.63, 3.8) is 0 Å². The number of nitrogens with zero attached hydrogens (tertiary/aromatic N) is 1. The van der Waals surface area contributed by atoms with E-state index in [1.807, 2.05) is 0 Å². The molecule has 8 heteroatoms. The molecule has 2 N–H and O–H groups in total. The van der Waals surface area contributed by atoms with Crippen molar-refractivity contribution < 1.29 is 17.5 Å². The minimum atomic E-state index is -3.21. The first-order chi connectivity index (χ1) is 13.8. The zero-order valence-corrected chi connectivity index (χ0v) is 18.6. The maximum Gasteiger partial charge on any atom is 0.191 e. The molecule has 0 atom stereocenters. The molecular formula is C21H34FN3O3S. The van der Waals surface area contributed by atoms with Crippen LogP contribution in [-0.4, -0.2) is 46.4 Å². The van der Waals surface area contributed by atoms with Crippen molar-refractivity contribution >= 4 is 15.8 Å². The van der Waals surface area contributed by atoms with Gasteiger partial charge in [-0.25, -0.2) is 12.8 Å². The van der Waals surface area contributed by atoms with Gasteiger partial charge in [-0.2, -0.15) is 0 Å². The van der Waals surface area contributed by atoms with Crippen molar-refractivity contribution in [3.05, 3.63) is 35.1 Å². The standard InChI is InChI=1S/C21H34FN3O3S/c1-4-12-28-21(10-6-5-7-11-21)16-25-20(23-2)24-14-18-13-19(22)9-8-17(18)15-29(3,26)27/h8-9,13H,4-7,10-12,14-16H2,1-3H3,(H2,23,24,25). The Kier molecular flexibility index (Phi) is 8.89. The smallest absolute Gasteiger partial charge is 0.191 e. The molecule has 1 aromatic carbocycles. The zero-order valence-electron chi connectivity index (χ0n) is 17.8. The van der Waals surface area contributed by atoms with Gasteiger partial charge >= 0.3 is 0 Å². The summed E-state index contributed by atoms with van der Waals surface area (Å²) in [6, 6.07) is 4.18. The lowest BCUT2D eigenvalue weighted by atomic mass is 9.84. The summed E-state index contributed by atoms with van der Waals surface area (Å²) in [5.74, 6) is 0.0744. The van der Waals surface area contributed by atoms with Gasteiger partial charge < -0.3 is 15.4 Å². The van der Waals surface area contributed by atoms with Crippen LogP contribution in [0.5, 0.6) is 0 Å². The van der Waals surface area contributed by atoms with Crippen molar-refractivity contribution in [1.82, 2.24) is 10.6 Å². The molecule has 1 aliphatic rings. The van der Waals surface area contributed by atoms with Crippen LogP contribution in [0.15, 0.2) is 23.2 Å². The van der Waals surface area contributed by atoms with Crippen molar-refractivity contribution in [3.8, 4) is 0 Å². The first-order valence-electron chi connectivity index (χ1n) is 10.3. The van der Waals surface area contributed by atoms with E-state index in [4.69, 9.17) is 4.74 Å². The molecule has 1 aliphatic carbocycles. The van der Waals surface area contributed by atoms with Crippen LogP contribution in [0, 0.1) is 5.82 Å². The lowest BCUT2D eigenvalue weighted by molar-refractivity contribution is -0.0657. The number of guanidine groups is 1. The number of ether oxygens (including phenoxy) is 1. The molecule has 0 amide bonds. The average molecular weight is 428 g/mol. The quantitative estimate of drug-likeness (QED) is 0.467. The molecule has 0 unspecified atom stereocenters. The maximum absolute atomic E-state index is 13.7. The second-order valence-electron chi connectivity index (χ2n) is 7.85. The fourth-order valence-corrected chi connectivity index (χ4v) is 4.56. The van der Waals surface area contributed by atoms with Gasteiger partial charge in [0, 0.05) is 33.0 Å². The monoisotopic (exact) mass is 427 g/mol. The van der Waals surface area contributed by atoms with E-state index in [-0.39, 0.29) is 17.9 Å². The van der Waals surface area contributed by atoms with Crippen molar-refractivity contribution in [2.75, 3.05) is 26.5 Å². The number of nitrogens with one attached hydrogen (secondary N) is 2. The molecule has 29 heavy (non-hydrogen) atoms. The fraction of sp³-hybridized carbons (Fsp3) is 0.667. The Labute approximate surface area is 174 Å². The number of hydrogen-bond acceptors (Lipinski definition) is 4. The Morgan fingerprint density at radius 1 is 1.21 bits per heavy atom. The Bertz CT molecular complexity index is 790. The predicted octanol–water partition coefficient (Wildman–Crippen LogP) is 3.16. The van der Waals surface area contributed by atoms with E-state index < -0.39 is 15.7 Å². The summed E-state index contributed by atoms with van der Waals surface area (Å²) < 4.78 is 43.2. The predicted molar refractivity (Wildman–Crippen MR) is 115 cm³/mol. The highest BCUT2D eigenvalue weighted by molar-refractivity contribution is 7.89. The van der Waals surface area contributed by atoms with Gasteiger partial charge in [-0.05, 0) is 42.5 Å². The molecule has 1 aromatic rings.